The van der Waals surface area contributed by atoms with E-state index in [0.717, 1.165) is 0 Å². The smallest absolute Gasteiger partial charge is 0.269 e. The van der Waals surface area contributed by atoms with E-state index in [0.29, 0.717) is 0 Å². The molecule has 2 aromatic rings. The lowest BCUT2D eigenvalue weighted by Crippen LogP contribution is -2.65. The van der Waals surface area contributed by atoms with Crippen LogP contribution in [0.3, 0.4) is 0 Å². The topological polar surface area (TPSA) is 173 Å². The first kappa shape index (κ1) is 23.7. The summed E-state index contributed by atoms with van der Waals surface area (Å²) in [6, 6.07) is 10.00. The van der Waals surface area contributed by atoms with E-state index in [2.05, 4.69) is 0 Å². The third kappa shape index (κ3) is 4.63. The van der Waals surface area contributed by atoms with Crippen molar-refractivity contribution in [1.82, 2.24) is 14.7 Å². The largest absolute Gasteiger partial charge is 0.330 e. The Labute approximate surface area is 197 Å². The van der Waals surface area contributed by atoms with Gasteiger partial charge in [-0.25, -0.2) is 0 Å². The minimum absolute atomic E-state index is 0.0358. The van der Waals surface area contributed by atoms with E-state index in [4.69, 9.17) is 0 Å². The third-order valence-corrected chi connectivity index (χ3v) is 6.16. The van der Waals surface area contributed by atoms with Crippen LogP contribution in [-0.2, 0) is 0 Å². The standard InChI is InChI=1S/C21H20N6O8/c28-19(15-1-5-17(6-2-15)25(30)31)23-10-9-22-11-21(12-23,27(34)35)13-24(14-22)20(29)16-3-7-18(8-4-16)26(32)33/h1-8H,9-14H2/t21-/m0/s1. The molecule has 14 nitrogen and oxygen atoms in total. The monoisotopic (exact) mass is 484 g/mol. The van der Waals surface area contributed by atoms with E-state index in [-0.39, 0.29) is 61.9 Å². The minimum Gasteiger partial charge on any atom is -0.330 e. The van der Waals surface area contributed by atoms with E-state index in [9.17, 15) is 39.9 Å². The molecule has 35 heavy (non-hydrogen) atoms. The van der Waals surface area contributed by atoms with Crippen molar-refractivity contribution in [1.29, 1.82) is 0 Å². The predicted octanol–water partition coefficient (Wildman–Crippen LogP) is 1.39. The van der Waals surface area contributed by atoms with E-state index in [1.54, 1.807) is 4.90 Å². The van der Waals surface area contributed by atoms with E-state index in [1.165, 1.54) is 58.3 Å². The summed E-state index contributed by atoms with van der Waals surface area (Å²) in [5, 5.41) is 34.0. The quantitative estimate of drug-likeness (QED) is 0.449. The summed E-state index contributed by atoms with van der Waals surface area (Å²) in [7, 11) is 0. The van der Waals surface area contributed by atoms with Crippen molar-refractivity contribution in [2.75, 3.05) is 39.4 Å². The number of hydrogen-bond donors (Lipinski definition) is 0. The maximum atomic E-state index is 13.1. The van der Waals surface area contributed by atoms with Crippen LogP contribution in [0.5, 0.6) is 0 Å². The summed E-state index contributed by atoms with van der Waals surface area (Å²) in [6.07, 6.45) is 0. The molecule has 14 heteroatoms. The maximum absolute atomic E-state index is 13.1. The van der Waals surface area contributed by atoms with Gasteiger partial charge in [-0.15, -0.1) is 0 Å². The first-order chi connectivity index (χ1) is 16.6. The Hall–Kier alpha value is -4.46. The third-order valence-electron chi connectivity index (χ3n) is 6.16. The van der Waals surface area contributed by atoms with Crippen LogP contribution in [-0.4, -0.2) is 86.2 Å². The second-order valence-corrected chi connectivity index (χ2v) is 8.51. The minimum atomic E-state index is -1.65. The molecule has 0 radical (unpaired) electrons. The fourth-order valence-electron chi connectivity index (χ4n) is 4.41. The molecular formula is C21H20N6O8. The molecule has 2 amide bonds. The molecule has 182 valence electrons. The molecule has 0 N–H and O–H groups in total. The van der Waals surface area contributed by atoms with Crippen LogP contribution in [0.2, 0.25) is 0 Å². The summed E-state index contributed by atoms with van der Waals surface area (Å²) in [5.74, 6) is -1.01. The fourth-order valence-corrected chi connectivity index (χ4v) is 4.41. The average Bonchev–Trinajstić information content (AvgIpc) is 2.99. The van der Waals surface area contributed by atoms with Crippen LogP contribution in [0, 0.1) is 30.3 Å². The number of nitro groups is 3. The lowest BCUT2D eigenvalue weighted by atomic mass is 9.95. The molecule has 4 rings (SSSR count). The van der Waals surface area contributed by atoms with Crippen molar-refractivity contribution in [3.05, 3.63) is 90.0 Å². The van der Waals surface area contributed by atoms with Gasteiger partial charge in [0.2, 0.25) is 0 Å². The predicted molar refractivity (Wildman–Crippen MR) is 119 cm³/mol. The second-order valence-electron chi connectivity index (χ2n) is 8.51. The molecule has 2 saturated heterocycles. The molecular weight excluding hydrogens is 464 g/mol. The molecule has 2 atom stereocenters. The number of benzene rings is 2. The van der Waals surface area contributed by atoms with Gasteiger partial charge in [-0.1, -0.05) is 0 Å². The van der Waals surface area contributed by atoms with Crippen molar-refractivity contribution in [3.8, 4) is 0 Å². The van der Waals surface area contributed by atoms with Gasteiger partial charge < -0.3 is 9.80 Å². The van der Waals surface area contributed by atoms with Crippen molar-refractivity contribution in [3.63, 3.8) is 0 Å². The Kier molecular flexibility index (Phi) is 6.13. The van der Waals surface area contributed by atoms with Gasteiger partial charge in [0, 0.05) is 53.4 Å². The van der Waals surface area contributed by atoms with Crippen molar-refractivity contribution in [2.24, 2.45) is 0 Å². The molecule has 2 heterocycles. The second kappa shape index (κ2) is 9.06. The number of hydrogen-bond acceptors (Lipinski definition) is 9. The van der Waals surface area contributed by atoms with Gasteiger partial charge in [0.15, 0.2) is 0 Å². The number of nitro benzene ring substituents is 2. The number of non-ortho nitro benzene ring substituents is 2. The van der Waals surface area contributed by atoms with Gasteiger partial charge >= 0.3 is 0 Å². The molecule has 2 aliphatic rings. The Balaban J connectivity index is 1.57. The molecule has 2 fully saturated rings. The summed E-state index contributed by atoms with van der Waals surface area (Å²) in [6.45, 7) is 0.0785. The maximum Gasteiger partial charge on any atom is 0.269 e. The lowest BCUT2D eigenvalue weighted by molar-refractivity contribution is -0.572. The Morgan fingerprint density at radius 3 is 1.60 bits per heavy atom. The van der Waals surface area contributed by atoms with Crippen molar-refractivity contribution >= 4 is 23.2 Å². The highest BCUT2D eigenvalue weighted by Crippen LogP contribution is 2.27. The van der Waals surface area contributed by atoms with E-state index >= 15 is 0 Å². The number of fused-ring (bicyclic) bond motifs is 2. The number of carbonyl (C=O) groups excluding carboxylic acids is 2. The summed E-state index contributed by atoms with van der Waals surface area (Å²) in [4.78, 5) is 62.9. The van der Waals surface area contributed by atoms with Crippen LogP contribution in [0.15, 0.2) is 48.5 Å². The van der Waals surface area contributed by atoms with Gasteiger partial charge in [-0.05, 0) is 24.3 Å². The Morgan fingerprint density at radius 2 is 1.14 bits per heavy atom. The molecule has 0 aliphatic carbocycles. The van der Waals surface area contributed by atoms with Gasteiger partial charge in [-0.2, -0.15) is 0 Å². The zero-order valence-electron chi connectivity index (χ0n) is 18.3. The molecule has 0 saturated carbocycles. The van der Waals surface area contributed by atoms with Gasteiger partial charge in [-0.3, -0.25) is 44.8 Å². The molecule has 2 aromatic carbocycles. The zero-order valence-corrected chi connectivity index (χ0v) is 18.3. The highest BCUT2D eigenvalue weighted by atomic mass is 16.6. The molecule has 1 unspecified atom stereocenters. The molecule has 0 spiro atoms. The first-order valence-corrected chi connectivity index (χ1v) is 10.5. The number of amides is 2. The normalized spacial score (nSPS) is 21.7. The van der Waals surface area contributed by atoms with Crippen molar-refractivity contribution < 1.29 is 24.4 Å². The van der Waals surface area contributed by atoms with Crippen molar-refractivity contribution in [2.45, 2.75) is 5.54 Å². The SMILES string of the molecule is O=C(c1ccc([N+](=O)[O-])cc1)N1CCN2CN(C(=O)c3ccc([N+](=O)[O-])cc3)C[C@]([N+](=O)[O-])(C2)C1. The zero-order chi connectivity index (χ0) is 25.3. The Morgan fingerprint density at radius 1 is 0.686 bits per heavy atom. The number of carbonyl (C=O) groups is 2. The highest BCUT2D eigenvalue weighted by molar-refractivity contribution is 5.95. The molecule has 2 bridgehead atoms. The van der Waals surface area contributed by atoms with Crippen LogP contribution >= 0.6 is 0 Å². The summed E-state index contributed by atoms with van der Waals surface area (Å²) >= 11 is 0. The van der Waals surface area contributed by atoms with Gasteiger partial charge in [0.25, 0.3) is 28.7 Å². The highest BCUT2D eigenvalue weighted by Gasteiger charge is 2.53. The van der Waals surface area contributed by atoms with Gasteiger partial charge in [0.05, 0.1) is 36.1 Å². The molecule has 0 aromatic heterocycles. The summed E-state index contributed by atoms with van der Waals surface area (Å²) < 4.78 is 0. The Bertz CT molecular complexity index is 1130. The fraction of sp³-hybridized carbons (Fsp3) is 0.333. The van der Waals surface area contributed by atoms with E-state index < -0.39 is 32.1 Å². The average molecular weight is 484 g/mol. The van der Waals surface area contributed by atoms with E-state index in [1.807, 2.05) is 0 Å². The van der Waals surface area contributed by atoms with Gasteiger partial charge in [0.1, 0.15) is 0 Å². The van der Waals surface area contributed by atoms with Crippen LogP contribution < -0.4 is 0 Å². The lowest BCUT2D eigenvalue weighted by Gasteiger charge is -2.41. The van der Waals surface area contributed by atoms with Crippen LogP contribution in [0.4, 0.5) is 11.4 Å². The first-order valence-electron chi connectivity index (χ1n) is 10.5. The van der Waals surface area contributed by atoms with Crippen LogP contribution in [0.25, 0.3) is 0 Å². The number of rotatable bonds is 5. The van der Waals surface area contributed by atoms with Crippen LogP contribution in [0.1, 0.15) is 20.7 Å². The molecule has 2 aliphatic heterocycles. The number of nitrogens with zero attached hydrogens (tertiary/aromatic N) is 6. The summed E-state index contributed by atoms with van der Waals surface area (Å²) in [5.41, 5.74) is -1.69.